The predicted octanol–water partition coefficient (Wildman–Crippen LogP) is 3.61. The summed E-state index contributed by atoms with van der Waals surface area (Å²) in [6, 6.07) is 13.2. The molecule has 0 radical (unpaired) electrons. The Kier molecular flexibility index (Phi) is 4.79. The third kappa shape index (κ3) is 4.50. The zero-order chi connectivity index (χ0) is 15.2. The molecule has 0 aliphatic carbocycles. The van der Waals surface area contributed by atoms with Gasteiger partial charge in [-0.1, -0.05) is 35.9 Å². The highest BCUT2D eigenvalue weighted by atomic mass is 35.5. The first kappa shape index (κ1) is 14.9. The fraction of sp³-hybridized carbons (Fsp3) is 0.0667. The number of carboxylic acid groups (broad SMARTS) is 1. The highest BCUT2D eigenvalue weighted by molar-refractivity contribution is 6.33. The molecular formula is C15H13ClN2O3. The summed E-state index contributed by atoms with van der Waals surface area (Å²) in [7, 11) is 0. The maximum absolute atomic E-state index is 11.9. The minimum absolute atomic E-state index is 0.133. The van der Waals surface area contributed by atoms with E-state index < -0.39 is 12.0 Å². The number of carbonyl (C=O) groups excluding carboxylic acids is 1. The molecule has 0 heterocycles. The van der Waals surface area contributed by atoms with Crippen molar-refractivity contribution in [3.05, 3.63) is 59.1 Å². The highest BCUT2D eigenvalue weighted by Gasteiger charge is 2.08. The number of urea groups is 1. The first-order valence-corrected chi connectivity index (χ1v) is 6.55. The second-order valence-electron chi connectivity index (χ2n) is 4.33. The van der Waals surface area contributed by atoms with E-state index in [1.54, 1.807) is 42.5 Å². The van der Waals surface area contributed by atoms with Crippen LogP contribution in [0, 0.1) is 0 Å². The van der Waals surface area contributed by atoms with Gasteiger partial charge in [0.2, 0.25) is 0 Å². The average molecular weight is 305 g/mol. The molecule has 2 aromatic carbocycles. The number of para-hydroxylation sites is 1. The molecule has 2 aromatic rings. The number of hydrogen-bond donors (Lipinski definition) is 3. The van der Waals surface area contributed by atoms with Crippen molar-refractivity contribution >= 4 is 35.0 Å². The second-order valence-corrected chi connectivity index (χ2v) is 4.74. The molecule has 2 rings (SSSR count). The molecule has 2 amide bonds. The molecule has 6 heteroatoms. The van der Waals surface area contributed by atoms with Gasteiger partial charge in [0.25, 0.3) is 0 Å². The lowest BCUT2D eigenvalue weighted by atomic mass is 10.1. The van der Waals surface area contributed by atoms with E-state index in [1.807, 2.05) is 6.07 Å². The number of nitrogens with one attached hydrogen (secondary N) is 2. The number of benzene rings is 2. The van der Waals surface area contributed by atoms with Gasteiger partial charge in [-0.25, -0.2) is 4.79 Å². The molecule has 0 aliphatic heterocycles. The number of hydrogen-bond acceptors (Lipinski definition) is 2. The van der Waals surface area contributed by atoms with Crippen molar-refractivity contribution in [3.63, 3.8) is 0 Å². The predicted molar refractivity (Wildman–Crippen MR) is 81.9 cm³/mol. The monoisotopic (exact) mass is 304 g/mol. The molecule has 0 fully saturated rings. The van der Waals surface area contributed by atoms with Gasteiger partial charge < -0.3 is 15.7 Å². The summed E-state index contributed by atoms with van der Waals surface area (Å²) in [4.78, 5) is 22.6. The second kappa shape index (κ2) is 6.76. The molecule has 3 N–H and O–H groups in total. The summed E-state index contributed by atoms with van der Waals surface area (Å²) in [6.07, 6.45) is -0.133. The average Bonchev–Trinajstić information content (AvgIpc) is 2.43. The molecule has 108 valence electrons. The summed E-state index contributed by atoms with van der Waals surface area (Å²) in [5.74, 6) is -0.947. The van der Waals surface area contributed by atoms with Crippen LogP contribution in [0.15, 0.2) is 48.5 Å². The first-order chi connectivity index (χ1) is 10.0. The molecule has 0 unspecified atom stereocenters. The zero-order valence-electron chi connectivity index (χ0n) is 11.0. The van der Waals surface area contributed by atoms with E-state index in [0.717, 1.165) is 0 Å². The standard InChI is InChI=1S/C15H13ClN2O3/c16-12-7-6-10(9-14(19)20)8-13(12)18-15(21)17-11-4-2-1-3-5-11/h1-8H,9H2,(H,19,20)(H2,17,18,21). The van der Waals surface area contributed by atoms with Crippen LogP contribution in [0.1, 0.15) is 5.56 Å². The number of carbonyl (C=O) groups is 2. The molecule has 5 nitrogen and oxygen atoms in total. The van der Waals surface area contributed by atoms with Gasteiger partial charge in [0.05, 0.1) is 17.1 Å². The number of carboxylic acids is 1. The van der Waals surface area contributed by atoms with E-state index in [1.165, 1.54) is 0 Å². The van der Waals surface area contributed by atoms with E-state index in [2.05, 4.69) is 10.6 Å². The molecule has 0 spiro atoms. The molecule has 0 saturated carbocycles. The lowest BCUT2D eigenvalue weighted by Crippen LogP contribution is -2.19. The van der Waals surface area contributed by atoms with E-state index >= 15 is 0 Å². The Bertz CT molecular complexity index is 659. The Morgan fingerprint density at radius 3 is 2.43 bits per heavy atom. The molecule has 0 aromatic heterocycles. The lowest BCUT2D eigenvalue weighted by Gasteiger charge is -2.10. The zero-order valence-corrected chi connectivity index (χ0v) is 11.7. The summed E-state index contributed by atoms with van der Waals surface area (Å²) >= 11 is 5.99. The molecular weight excluding hydrogens is 292 g/mol. The van der Waals surface area contributed by atoms with Crippen LogP contribution in [0.3, 0.4) is 0 Å². The first-order valence-electron chi connectivity index (χ1n) is 6.18. The Morgan fingerprint density at radius 2 is 1.76 bits per heavy atom. The van der Waals surface area contributed by atoms with Crippen LogP contribution in [-0.4, -0.2) is 17.1 Å². The number of rotatable bonds is 4. The van der Waals surface area contributed by atoms with Crippen LogP contribution in [-0.2, 0) is 11.2 Å². The summed E-state index contributed by atoms with van der Waals surface area (Å²) in [5.41, 5.74) is 1.57. The minimum atomic E-state index is -0.947. The normalized spacial score (nSPS) is 9.95. The Labute approximate surface area is 126 Å². The number of amides is 2. The minimum Gasteiger partial charge on any atom is -0.481 e. The third-order valence-corrected chi connectivity index (χ3v) is 3.00. The van der Waals surface area contributed by atoms with Crippen molar-refractivity contribution in [2.24, 2.45) is 0 Å². The Hall–Kier alpha value is -2.53. The van der Waals surface area contributed by atoms with Crippen LogP contribution in [0.5, 0.6) is 0 Å². The Morgan fingerprint density at radius 1 is 1.05 bits per heavy atom. The van der Waals surface area contributed by atoms with Gasteiger partial charge in [0.1, 0.15) is 0 Å². The Balaban J connectivity index is 2.07. The van der Waals surface area contributed by atoms with Crippen LogP contribution < -0.4 is 10.6 Å². The number of halogens is 1. The SMILES string of the molecule is O=C(O)Cc1ccc(Cl)c(NC(=O)Nc2ccccc2)c1. The van der Waals surface area contributed by atoms with Crippen LogP contribution in [0.4, 0.5) is 16.2 Å². The fourth-order valence-electron chi connectivity index (χ4n) is 1.76. The van der Waals surface area contributed by atoms with Crippen molar-refractivity contribution in [1.82, 2.24) is 0 Å². The fourth-order valence-corrected chi connectivity index (χ4v) is 1.92. The topological polar surface area (TPSA) is 78.4 Å². The number of aliphatic carboxylic acids is 1. The van der Waals surface area contributed by atoms with Crippen molar-refractivity contribution in [3.8, 4) is 0 Å². The van der Waals surface area contributed by atoms with Crippen molar-refractivity contribution in [2.75, 3.05) is 10.6 Å². The van der Waals surface area contributed by atoms with E-state index in [0.29, 0.717) is 22.0 Å². The quantitative estimate of drug-likeness (QED) is 0.807. The van der Waals surface area contributed by atoms with E-state index in [4.69, 9.17) is 16.7 Å². The summed E-state index contributed by atoms with van der Waals surface area (Å²) in [6.45, 7) is 0. The maximum atomic E-state index is 11.9. The molecule has 0 bridgehead atoms. The maximum Gasteiger partial charge on any atom is 0.323 e. The van der Waals surface area contributed by atoms with Gasteiger partial charge in [-0.15, -0.1) is 0 Å². The van der Waals surface area contributed by atoms with Crippen LogP contribution in [0.2, 0.25) is 5.02 Å². The van der Waals surface area contributed by atoms with Crippen molar-refractivity contribution < 1.29 is 14.7 Å². The largest absolute Gasteiger partial charge is 0.481 e. The van der Waals surface area contributed by atoms with Gasteiger partial charge in [0, 0.05) is 5.69 Å². The van der Waals surface area contributed by atoms with Gasteiger partial charge in [-0.2, -0.15) is 0 Å². The smallest absolute Gasteiger partial charge is 0.323 e. The van der Waals surface area contributed by atoms with Crippen LogP contribution in [0.25, 0.3) is 0 Å². The molecule has 21 heavy (non-hydrogen) atoms. The van der Waals surface area contributed by atoms with Gasteiger partial charge in [0.15, 0.2) is 0 Å². The number of anilines is 2. The lowest BCUT2D eigenvalue weighted by molar-refractivity contribution is -0.136. The van der Waals surface area contributed by atoms with Crippen LogP contribution >= 0.6 is 11.6 Å². The van der Waals surface area contributed by atoms with Gasteiger partial charge >= 0.3 is 12.0 Å². The molecule has 0 saturated heterocycles. The third-order valence-electron chi connectivity index (χ3n) is 2.67. The van der Waals surface area contributed by atoms with E-state index in [9.17, 15) is 9.59 Å². The van der Waals surface area contributed by atoms with Gasteiger partial charge in [-0.05, 0) is 29.8 Å². The van der Waals surface area contributed by atoms with Crippen molar-refractivity contribution in [2.45, 2.75) is 6.42 Å². The van der Waals surface area contributed by atoms with Gasteiger partial charge in [-0.3, -0.25) is 4.79 Å². The highest BCUT2D eigenvalue weighted by Crippen LogP contribution is 2.23. The van der Waals surface area contributed by atoms with Crippen molar-refractivity contribution in [1.29, 1.82) is 0 Å². The molecule has 0 atom stereocenters. The summed E-state index contributed by atoms with van der Waals surface area (Å²) in [5, 5.41) is 14.4. The summed E-state index contributed by atoms with van der Waals surface area (Å²) < 4.78 is 0. The molecule has 0 aliphatic rings. The van der Waals surface area contributed by atoms with E-state index in [-0.39, 0.29) is 6.42 Å².